The summed E-state index contributed by atoms with van der Waals surface area (Å²) >= 11 is 1.73. The topological polar surface area (TPSA) is 52.7 Å². The van der Waals surface area contributed by atoms with Crippen LogP contribution >= 0.6 is 11.3 Å². The number of anilines is 3. The number of aryl methyl sites for hydroxylation is 1. The van der Waals surface area contributed by atoms with Crippen LogP contribution < -0.4 is 15.1 Å². The molecule has 4 rings (SSSR count). The maximum Gasteiger partial charge on any atom is 0.258 e. The number of carbonyl (C=O) groups excluding carboxylic acids is 2. The monoisotopic (exact) mass is 461 g/mol. The summed E-state index contributed by atoms with van der Waals surface area (Å²) in [4.78, 5) is 31.0. The lowest BCUT2D eigenvalue weighted by Gasteiger charge is -2.23. The highest BCUT2D eigenvalue weighted by Crippen LogP contribution is 2.32. The normalized spacial score (nSPS) is 13.2. The average Bonchev–Trinajstić information content (AvgIpc) is 3.21. The molecule has 0 spiro atoms. The van der Waals surface area contributed by atoms with E-state index in [1.807, 2.05) is 47.4 Å². The fourth-order valence-corrected chi connectivity index (χ4v) is 5.19. The summed E-state index contributed by atoms with van der Waals surface area (Å²) in [5.41, 5.74) is 3.60. The molecule has 0 atom stereocenters. The van der Waals surface area contributed by atoms with Crippen LogP contribution in [-0.4, -0.2) is 31.4 Å². The lowest BCUT2D eigenvalue weighted by Crippen LogP contribution is -2.31. The van der Waals surface area contributed by atoms with Crippen LogP contribution in [0.15, 0.2) is 66.0 Å². The maximum atomic E-state index is 13.1. The van der Waals surface area contributed by atoms with Crippen molar-refractivity contribution in [3.8, 4) is 0 Å². The Morgan fingerprint density at radius 3 is 2.58 bits per heavy atom. The quantitative estimate of drug-likeness (QED) is 0.449. The molecule has 5 nitrogen and oxygen atoms in total. The number of nitrogens with one attached hydrogen (secondary N) is 1. The first-order chi connectivity index (χ1) is 16.2. The molecular formula is C27H31N3O2S. The molecule has 2 amide bonds. The predicted molar refractivity (Wildman–Crippen MR) is 138 cm³/mol. The second kappa shape index (κ2) is 11.1. The van der Waals surface area contributed by atoms with Gasteiger partial charge < -0.3 is 15.1 Å². The summed E-state index contributed by atoms with van der Waals surface area (Å²) in [6.45, 7) is 4.62. The zero-order valence-corrected chi connectivity index (χ0v) is 19.9. The predicted octanol–water partition coefficient (Wildman–Crippen LogP) is 5.98. The van der Waals surface area contributed by atoms with E-state index in [9.17, 15) is 9.59 Å². The van der Waals surface area contributed by atoms with Crippen molar-refractivity contribution in [3.05, 3.63) is 76.5 Å². The fraction of sp³-hybridized carbons (Fsp3) is 0.333. The SMILES string of the molecule is CCN(CCCC(=O)Nc1ccc(C(=O)N2CCCCc3sccc32)cc1)c1ccccc1. The Morgan fingerprint density at radius 2 is 1.82 bits per heavy atom. The Kier molecular flexibility index (Phi) is 7.79. The Labute approximate surface area is 200 Å². The van der Waals surface area contributed by atoms with Crippen molar-refractivity contribution in [2.45, 2.75) is 39.0 Å². The molecule has 0 saturated carbocycles. The van der Waals surface area contributed by atoms with Crippen LogP contribution in [0.3, 0.4) is 0 Å². The Morgan fingerprint density at radius 1 is 1.03 bits per heavy atom. The van der Waals surface area contributed by atoms with Crippen molar-refractivity contribution in [1.29, 1.82) is 0 Å². The number of nitrogens with zero attached hydrogens (tertiary/aromatic N) is 2. The molecule has 3 aromatic rings. The first-order valence-corrected chi connectivity index (χ1v) is 12.6. The molecule has 0 radical (unpaired) electrons. The Balaban J connectivity index is 1.29. The molecule has 1 N–H and O–H groups in total. The third-order valence-electron chi connectivity index (χ3n) is 6.04. The van der Waals surface area contributed by atoms with Crippen molar-refractivity contribution < 1.29 is 9.59 Å². The first-order valence-electron chi connectivity index (χ1n) is 11.7. The summed E-state index contributed by atoms with van der Waals surface area (Å²) < 4.78 is 0. The van der Waals surface area contributed by atoms with Gasteiger partial charge in [0.1, 0.15) is 0 Å². The van der Waals surface area contributed by atoms with Gasteiger partial charge in [0.2, 0.25) is 5.91 Å². The van der Waals surface area contributed by atoms with Gasteiger partial charge >= 0.3 is 0 Å². The van der Waals surface area contributed by atoms with Crippen LogP contribution in [-0.2, 0) is 11.2 Å². The first kappa shape index (κ1) is 23.1. The molecule has 172 valence electrons. The summed E-state index contributed by atoms with van der Waals surface area (Å²) in [5, 5.41) is 5.02. The summed E-state index contributed by atoms with van der Waals surface area (Å²) in [7, 11) is 0. The van der Waals surface area contributed by atoms with E-state index < -0.39 is 0 Å². The number of para-hydroxylation sites is 1. The number of hydrogen-bond acceptors (Lipinski definition) is 4. The van der Waals surface area contributed by atoms with E-state index in [0.29, 0.717) is 12.0 Å². The Hall–Kier alpha value is -3.12. The van der Waals surface area contributed by atoms with E-state index in [2.05, 4.69) is 40.7 Å². The van der Waals surface area contributed by atoms with Gasteiger partial charge in [-0.15, -0.1) is 11.3 Å². The van der Waals surface area contributed by atoms with Crippen molar-refractivity contribution in [1.82, 2.24) is 0 Å². The molecule has 0 unspecified atom stereocenters. The highest BCUT2D eigenvalue weighted by atomic mass is 32.1. The highest BCUT2D eigenvalue weighted by molar-refractivity contribution is 7.10. The van der Waals surface area contributed by atoms with Crippen molar-refractivity contribution in [2.24, 2.45) is 0 Å². The fourth-order valence-electron chi connectivity index (χ4n) is 4.26. The lowest BCUT2D eigenvalue weighted by molar-refractivity contribution is -0.116. The van der Waals surface area contributed by atoms with Crippen LogP contribution in [0.5, 0.6) is 0 Å². The molecular weight excluding hydrogens is 430 g/mol. The van der Waals surface area contributed by atoms with Gasteiger partial charge in [0.05, 0.1) is 5.69 Å². The van der Waals surface area contributed by atoms with Gasteiger partial charge in [-0.2, -0.15) is 0 Å². The third-order valence-corrected chi connectivity index (χ3v) is 7.01. The van der Waals surface area contributed by atoms with Gasteiger partial charge in [0, 0.05) is 47.9 Å². The molecule has 6 heteroatoms. The third kappa shape index (κ3) is 5.82. The van der Waals surface area contributed by atoms with Crippen LogP contribution in [0.25, 0.3) is 0 Å². The molecule has 2 aromatic carbocycles. The van der Waals surface area contributed by atoms with Crippen molar-refractivity contribution >= 4 is 40.2 Å². The van der Waals surface area contributed by atoms with E-state index in [1.165, 1.54) is 10.6 Å². The molecule has 0 fully saturated rings. The largest absolute Gasteiger partial charge is 0.372 e. The molecule has 1 aliphatic rings. The minimum absolute atomic E-state index is 0.00590. The van der Waals surface area contributed by atoms with Gasteiger partial charge in [0.25, 0.3) is 5.91 Å². The van der Waals surface area contributed by atoms with E-state index in [4.69, 9.17) is 0 Å². The average molecular weight is 462 g/mol. The summed E-state index contributed by atoms with van der Waals surface area (Å²) in [5.74, 6) is 0.0172. The van der Waals surface area contributed by atoms with Crippen LogP contribution in [0.1, 0.15) is 47.8 Å². The van der Waals surface area contributed by atoms with Crippen molar-refractivity contribution in [3.63, 3.8) is 0 Å². The zero-order valence-electron chi connectivity index (χ0n) is 19.1. The second-order valence-corrected chi connectivity index (χ2v) is 9.29. The number of rotatable bonds is 8. The van der Waals surface area contributed by atoms with Gasteiger partial charge in [-0.05, 0) is 80.5 Å². The minimum Gasteiger partial charge on any atom is -0.372 e. The van der Waals surface area contributed by atoms with Gasteiger partial charge in [-0.1, -0.05) is 18.2 Å². The number of carbonyl (C=O) groups is 2. The molecule has 33 heavy (non-hydrogen) atoms. The molecule has 2 heterocycles. The molecule has 0 aliphatic carbocycles. The van der Waals surface area contributed by atoms with Crippen molar-refractivity contribution in [2.75, 3.05) is 34.8 Å². The summed E-state index contributed by atoms with van der Waals surface area (Å²) in [6, 6.07) is 19.6. The van der Waals surface area contributed by atoms with E-state index in [-0.39, 0.29) is 11.8 Å². The number of benzene rings is 2. The van der Waals surface area contributed by atoms with Gasteiger partial charge in [-0.25, -0.2) is 0 Å². The number of amides is 2. The smallest absolute Gasteiger partial charge is 0.258 e. The maximum absolute atomic E-state index is 13.1. The number of thiophene rings is 1. The number of fused-ring (bicyclic) bond motifs is 1. The van der Waals surface area contributed by atoms with Crippen LogP contribution in [0.4, 0.5) is 17.1 Å². The highest BCUT2D eigenvalue weighted by Gasteiger charge is 2.23. The van der Waals surface area contributed by atoms with Gasteiger partial charge in [0.15, 0.2) is 0 Å². The number of hydrogen-bond donors (Lipinski definition) is 1. The molecule has 0 saturated heterocycles. The van der Waals surface area contributed by atoms with Crippen LogP contribution in [0, 0.1) is 0 Å². The molecule has 0 bridgehead atoms. The Bertz CT molecular complexity index is 1060. The minimum atomic E-state index is -0.00590. The lowest BCUT2D eigenvalue weighted by atomic mass is 10.1. The van der Waals surface area contributed by atoms with E-state index >= 15 is 0 Å². The molecule has 1 aromatic heterocycles. The van der Waals surface area contributed by atoms with E-state index in [1.54, 1.807) is 11.3 Å². The van der Waals surface area contributed by atoms with Gasteiger partial charge in [-0.3, -0.25) is 9.59 Å². The standard InChI is InChI=1S/C27H31N3O2S/c1-2-29(23-9-4-3-5-10-23)18-8-12-26(31)28-22-15-13-21(14-16-22)27(32)30-19-7-6-11-25-24(30)17-20-33-25/h3-5,9-10,13-17,20H,2,6-8,11-12,18-19H2,1H3,(H,28,31). The van der Waals surface area contributed by atoms with E-state index in [0.717, 1.165) is 56.7 Å². The second-order valence-electron chi connectivity index (χ2n) is 8.29. The van der Waals surface area contributed by atoms with Crippen LogP contribution in [0.2, 0.25) is 0 Å². The zero-order chi connectivity index (χ0) is 23.0. The summed E-state index contributed by atoms with van der Waals surface area (Å²) in [6.07, 6.45) is 4.41. The molecule has 1 aliphatic heterocycles.